The van der Waals surface area contributed by atoms with Crippen LogP contribution in [0.1, 0.15) is 11.7 Å². The average molecular weight is 272 g/mol. The van der Waals surface area contributed by atoms with Crippen LogP contribution in [-0.2, 0) is 0 Å². The van der Waals surface area contributed by atoms with Crippen molar-refractivity contribution in [3.8, 4) is 23.0 Å². The largest absolute Gasteiger partial charge is 0.497 e. The first-order valence-corrected chi connectivity index (χ1v) is 6.42. The predicted octanol–water partition coefficient (Wildman–Crippen LogP) is 3.22. The van der Waals surface area contributed by atoms with Gasteiger partial charge in [-0.1, -0.05) is 18.2 Å². The van der Waals surface area contributed by atoms with Crippen LogP contribution in [0.5, 0.6) is 23.0 Å². The first-order valence-electron chi connectivity index (χ1n) is 6.42. The van der Waals surface area contributed by atoms with Crippen LogP contribution in [0.25, 0.3) is 0 Å². The monoisotopic (exact) mass is 272 g/mol. The Kier molecular flexibility index (Phi) is 3.37. The van der Waals surface area contributed by atoms with Gasteiger partial charge in [0.2, 0.25) is 5.75 Å². The van der Waals surface area contributed by atoms with Crippen molar-refractivity contribution in [3.63, 3.8) is 0 Å². The van der Waals surface area contributed by atoms with Gasteiger partial charge < -0.3 is 18.9 Å². The van der Waals surface area contributed by atoms with Crippen LogP contribution in [0.4, 0.5) is 0 Å². The summed E-state index contributed by atoms with van der Waals surface area (Å²) in [6.45, 7) is 0.479. The number of fused-ring (bicyclic) bond motifs is 1. The molecule has 0 radical (unpaired) electrons. The van der Waals surface area contributed by atoms with E-state index in [9.17, 15) is 0 Å². The molecule has 1 aliphatic heterocycles. The Morgan fingerprint density at radius 3 is 2.50 bits per heavy atom. The lowest BCUT2D eigenvalue weighted by Gasteiger charge is -2.27. The fourth-order valence-corrected chi connectivity index (χ4v) is 2.21. The Balaban J connectivity index is 1.87. The zero-order chi connectivity index (χ0) is 13.9. The number of hydrogen-bond acceptors (Lipinski definition) is 4. The van der Waals surface area contributed by atoms with Gasteiger partial charge in [-0.05, 0) is 29.8 Å². The number of rotatable bonds is 3. The molecule has 1 atom stereocenters. The van der Waals surface area contributed by atoms with E-state index in [0.717, 1.165) is 11.3 Å². The van der Waals surface area contributed by atoms with Crippen molar-refractivity contribution >= 4 is 0 Å². The van der Waals surface area contributed by atoms with Crippen molar-refractivity contribution in [2.45, 2.75) is 6.10 Å². The van der Waals surface area contributed by atoms with Crippen molar-refractivity contribution in [1.29, 1.82) is 0 Å². The average Bonchev–Trinajstić information content (AvgIpc) is 2.54. The van der Waals surface area contributed by atoms with E-state index in [4.69, 9.17) is 18.9 Å². The molecule has 104 valence electrons. The highest BCUT2D eigenvalue weighted by Gasteiger charge is 2.25. The van der Waals surface area contributed by atoms with Gasteiger partial charge in [0.1, 0.15) is 12.4 Å². The second-order valence-electron chi connectivity index (χ2n) is 4.48. The van der Waals surface area contributed by atoms with Crippen LogP contribution >= 0.6 is 0 Å². The van der Waals surface area contributed by atoms with Crippen LogP contribution < -0.4 is 18.9 Å². The minimum atomic E-state index is -0.148. The maximum atomic E-state index is 6.02. The molecule has 20 heavy (non-hydrogen) atoms. The second kappa shape index (κ2) is 5.33. The van der Waals surface area contributed by atoms with Crippen LogP contribution in [0.15, 0.2) is 42.5 Å². The Bertz CT molecular complexity index is 578. The molecule has 4 nitrogen and oxygen atoms in total. The smallest absolute Gasteiger partial charge is 0.204 e. The summed E-state index contributed by atoms with van der Waals surface area (Å²) in [7, 11) is 3.27. The van der Waals surface area contributed by atoms with E-state index >= 15 is 0 Å². The summed E-state index contributed by atoms with van der Waals surface area (Å²) in [5.41, 5.74) is 1.04. The van der Waals surface area contributed by atoms with E-state index in [1.54, 1.807) is 14.2 Å². The van der Waals surface area contributed by atoms with Gasteiger partial charge in [0.25, 0.3) is 0 Å². The summed E-state index contributed by atoms with van der Waals surface area (Å²) in [5.74, 6) is 2.88. The summed E-state index contributed by atoms with van der Waals surface area (Å²) in [4.78, 5) is 0. The molecule has 0 bridgehead atoms. The molecular weight excluding hydrogens is 256 g/mol. The number of para-hydroxylation sites is 1. The topological polar surface area (TPSA) is 36.9 Å². The lowest BCUT2D eigenvalue weighted by Crippen LogP contribution is -2.21. The first kappa shape index (κ1) is 12.7. The Hall–Kier alpha value is -2.36. The molecule has 1 unspecified atom stereocenters. The summed E-state index contributed by atoms with van der Waals surface area (Å²) in [6, 6.07) is 13.4. The number of methoxy groups -OCH3 is 2. The number of benzene rings is 2. The molecule has 2 aromatic carbocycles. The normalized spacial score (nSPS) is 16.6. The molecule has 0 saturated carbocycles. The lowest BCUT2D eigenvalue weighted by atomic mass is 10.1. The van der Waals surface area contributed by atoms with Gasteiger partial charge in [0.05, 0.1) is 14.2 Å². The molecule has 0 fully saturated rings. The molecule has 1 heterocycles. The van der Waals surface area contributed by atoms with Gasteiger partial charge >= 0.3 is 0 Å². The standard InChI is InChI=1S/C16H16O4/c1-17-12-8-6-11(7-9-12)15-10-19-14-5-3-4-13(18-2)16(14)20-15/h3-9,15H,10H2,1-2H3. The van der Waals surface area contributed by atoms with E-state index in [1.165, 1.54) is 0 Å². The lowest BCUT2D eigenvalue weighted by molar-refractivity contribution is 0.0871. The third kappa shape index (κ3) is 2.25. The van der Waals surface area contributed by atoms with E-state index < -0.39 is 0 Å². The molecule has 0 N–H and O–H groups in total. The molecule has 2 aromatic rings. The molecule has 0 spiro atoms. The maximum Gasteiger partial charge on any atom is 0.204 e. The summed E-state index contributed by atoms with van der Waals surface area (Å²) in [5, 5.41) is 0. The summed E-state index contributed by atoms with van der Waals surface area (Å²) < 4.78 is 22.2. The second-order valence-corrected chi connectivity index (χ2v) is 4.48. The van der Waals surface area contributed by atoms with Gasteiger partial charge in [0.15, 0.2) is 17.6 Å². The van der Waals surface area contributed by atoms with Gasteiger partial charge in [-0.15, -0.1) is 0 Å². The van der Waals surface area contributed by atoms with Crippen LogP contribution in [0, 0.1) is 0 Å². The van der Waals surface area contributed by atoms with Gasteiger partial charge in [0, 0.05) is 0 Å². The molecule has 3 rings (SSSR count). The number of ether oxygens (including phenoxy) is 4. The predicted molar refractivity (Wildman–Crippen MR) is 74.9 cm³/mol. The Labute approximate surface area is 117 Å². The van der Waals surface area contributed by atoms with Crippen LogP contribution in [-0.4, -0.2) is 20.8 Å². The highest BCUT2D eigenvalue weighted by molar-refractivity contribution is 5.52. The fourth-order valence-electron chi connectivity index (χ4n) is 2.21. The zero-order valence-corrected chi connectivity index (χ0v) is 11.5. The summed E-state index contributed by atoms with van der Waals surface area (Å²) >= 11 is 0. The van der Waals surface area contributed by atoms with E-state index in [-0.39, 0.29) is 6.10 Å². The van der Waals surface area contributed by atoms with Crippen LogP contribution in [0.2, 0.25) is 0 Å². The Morgan fingerprint density at radius 2 is 1.80 bits per heavy atom. The van der Waals surface area contributed by atoms with Crippen molar-refractivity contribution in [3.05, 3.63) is 48.0 Å². The molecular formula is C16H16O4. The molecule has 1 aliphatic rings. The molecule has 4 heteroatoms. The number of hydrogen-bond donors (Lipinski definition) is 0. The Morgan fingerprint density at radius 1 is 1.00 bits per heavy atom. The first-order chi connectivity index (χ1) is 9.81. The van der Waals surface area contributed by atoms with E-state index in [0.29, 0.717) is 23.9 Å². The summed E-state index contributed by atoms with van der Waals surface area (Å²) in [6.07, 6.45) is -0.148. The van der Waals surface area contributed by atoms with E-state index in [2.05, 4.69) is 0 Å². The maximum absolute atomic E-state index is 6.02. The van der Waals surface area contributed by atoms with Crippen molar-refractivity contribution in [2.75, 3.05) is 20.8 Å². The SMILES string of the molecule is COc1ccc(C2COc3cccc(OC)c3O2)cc1. The minimum absolute atomic E-state index is 0.148. The molecule has 0 aromatic heterocycles. The van der Waals surface area contributed by atoms with Crippen molar-refractivity contribution in [1.82, 2.24) is 0 Å². The van der Waals surface area contributed by atoms with Crippen molar-refractivity contribution < 1.29 is 18.9 Å². The van der Waals surface area contributed by atoms with Crippen molar-refractivity contribution in [2.24, 2.45) is 0 Å². The quantitative estimate of drug-likeness (QED) is 0.859. The third-order valence-electron chi connectivity index (χ3n) is 3.30. The highest BCUT2D eigenvalue weighted by atomic mass is 16.6. The highest BCUT2D eigenvalue weighted by Crippen LogP contribution is 2.43. The van der Waals surface area contributed by atoms with Crippen LogP contribution in [0.3, 0.4) is 0 Å². The third-order valence-corrected chi connectivity index (χ3v) is 3.30. The minimum Gasteiger partial charge on any atom is -0.497 e. The molecule has 0 saturated heterocycles. The molecule has 0 aliphatic carbocycles. The van der Waals surface area contributed by atoms with Gasteiger partial charge in [-0.3, -0.25) is 0 Å². The molecule has 0 amide bonds. The van der Waals surface area contributed by atoms with Gasteiger partial charge in [-0.25, -0.2) is 0 Å². The zero-order valence-electron chi connectivity index (χ0n) is 11.5. The van der Waals surface area contributed by atoms with Gasteiger partial charge in [-0.2, -0.15) is 0 Å². The van der Waals surface area contributed by atoms with E-state index in [1.807, 2.05) is 42.5 Å². The fraction of sp³-hybridized carbons (Fsp3) is 0.250.